The summed E-state index contributed by atoms with van der Waals surface area (Å²) in [5.41, 5.74) is 2.25. The molecule has 1 aromatic heterocycles. The molecule has 1 saturated heterocycles. The van der Waals surface area contributed by atoms with Crippen LogP contribution >= 0.6 is 11.3 Å². The molecular formula is C16H26N2OS. The van der Waals surface area contributed by atoms with E-state index < -0.39 is 0 Å². The molecule has 0 amide bonds. The van der Waals surface area contributed by atoms with Gasteiger partial charge in [-0.25, -0.2) is 0 Å². The second-order valence-electron chi connectivity index (χ2n) is 6.91. The number of ether oxygens (including phenoxy) is 1. The van der Waals surface area contributed by atoms with Crippen LogP contribution in [0.4, 0.5) is 0 Å². The van der Waals surface area contributed by atoms with E-state index in [9.17, 15) is 0 Å². The number of nitrogens with zero attached hydrogens (tertiary/aromatic N) is 1. The maximum absolute atomic E-state index is 6.14. The summed E-state index contributed by atoms with van der Waals surface area (Å²) in [5.74, 6) is 1.52. The highest BCUT2D eigenvalue weighted by molar-refractivity contribution is 7.09. The lowest BCUT2D eigenvalue weighted by Crippen LogP contribution is -2.44. The molecule has 0 radical (unpaired) electrons. The third kappa shape index (κ3) is 3.23. The first-order chi connectivity index (χ1) is 9.70. The molecule has 2 atom stereocenters. The molecule has 3 rings (SSSR count). The molecule has 2 unspecified atom stereocenters. The van der Waals surface area contributed by atoms with Crippen molar-refractivity contribution < 1.29 is 4.74 Å². The van der Waals surface area contributed by atoms with Gasteiger partial charge in [0.15, 0.2) is 0 Å². The van der Waals surface area contributed by atoms with Gasteiger partial charge in [-0.2, -0.15) is 0 Å². The molecule has 112 valence electrons. The van der Waals surface area contributed by atoms with Gasteiger partial charge in [0, 0.05) is 29.6 Å². The highest BCUT2D eigenvalue weighted by Crippen LogP contribution is 2.49. The Labute approximate surface area is 126 Å². The van der Waals surface area contributed by atoms with Crippen molar-refractivity contribution in [3.8, 4) is 0 Å². The topological polar surface area (TPSA) is 34.2 Å². The van der Waals surface area contributed by atoms with Crippen LogP contribution in [0.5, 0.6) is 0 Å². The fraction of sp³-hybridized carbons (Fsp3) is 0.812. The van der Waals surface area contributed by atoms with Crippen LogP contribution in [0.3, 0.4) is 0 Å². The van der Waals surface area contributed by atoms with E-state index in [1.54, 1.807) is 11.3 Å². The van der Waals surface area contributed by atoms with Crippen LogP contribution in [0, 0.1) is 17.3 Å². The molecule has 0 aromatic carbocycles. The number of aromatic nitrogens is 1. The van der Waals surface area contributed by atoms with Gasteiger partial charge in [0.1, 0.15) is 0 Å². The molecule has 1 aliphatic heterocycles. The molecule has 3 nitrogen and oxygen atoms in total. The molecule has 2 fully saturated rings. The molecule has 1 aliphatic carbocycles. The Bertz CT molecular complexity index is 416. The molecule has 4 heteroatoms. The Morgan fingerprint density at radius 2 is 2.35 bits per heavy atom. The first kappa shape index (κ1) is 14.5. The first-order valence-corrected chi connectivity index (χ1v) is 8.77. The van der Waals surface area contributed by atoms with Gasteiger partial charge in [-0.05, 0) is 44.1 Å². The minimum Gasteiger partial charge on any atom is -0.377 e. The first-order valence-electron chi connectivity index (χ1n) is 7.89. The second kappa shape index (κ2) is 6.12. The third-order valence-electron chi connectivity index (χ3n) is 4.59. The molecule has 0 spiro atoms. The zero-order chi connectivity index (χ0) is 14.0. The van der Waals surface area contributed by atoms with Gasteiger partial charge >= 0.3 is 0 Å². The van der Waals surface area contributed by atoms with Crippen LogP contribution in [0.2, 0.25) is 0 Å². The summed E-state index contributed by atoms with van der Waals surface area (Å²) in [6.07, 6.45) is 7.54. The number of hydrogen-bond acceptors (Lipinski definition) is 4. The zero-order valence-corrected chi connectivity index (χ0v) is 13.4. The molecule has 2 heterocycles. The van der Waals surface area contributed by atoms with Gasteiger partial charge in [0.2, 0.25) is 0 Å². The molecule has 1 N–H and O–H groups in total. The van der Waals surface area contributed by atoms with Crippen molar-refractivity contribution in [3.05, 3.63) is 16.6 Å². The van der Waals surface area contributed by atoms with Gasteiger partial charge < -0.3 is 10.1 Å². The fourth-order valence-corrected chi connectivity index (χ4v) is 4.22. The molecule has 2 aliphatic rings. The van der Waals surface area contributed by atoms with E-state index in [0.29, 0.717) is 17.4 Å². The molecule has 20 heavy (non-hydrogen) atoms. The van der Waals surface area contributed by atoms with E-state index in [4.69, 9.17) is 4.74 Å². The quantitative estimate of drug-likeness (QED) is 0.839. The van der Waals surface area contributed by atoms with E-state index in [-0.39, 0.29) is 0 Å². The lowest BCUT2D eigenvalue weighted by molar-refractivity contribution is 0.0307. The van der Waals surface area contributed by atoms with Gasteiger partial charge in [0.25, 0.3) is 0 Å². The Balaban J connectivity index is 1.71. The molecule has 1 aromatic rings. The second-order valence-corrected chi connectivity index (χ2v) is 7.88. The normalized spacial score (nSPS) is 30.2. The van der Waals surface area contributed by atoms with E-state index in [1.807, 2.05) is 11.7 Å². The maximum atomic E-state index is 6.14. The predicted molar refractivity (Wildman–Crippen MR) is 83.0 cm³/mol. The van der Waals surface area contributed by atoms with Crippen molar-refractivity contribution in [3.63, 3.8) is 0 Å². The highest BCUT2D eigenvalue weighted by atomic mass is 32.1. The average molecular weight is 294 g/mol. The van der Waals surface area contributed by atoms with Gasteiger partial charge in [-0.15, -0.1) is 11.3 Å². The van der Waals surface area contributed by atoms with Crippen molar-refractivity contribution in [1.29, 1.82) is 0 Å². The van der Waals surface area contributed by atoms with Crippen LogP contribution in [-0.2, 0) is 11.2 Å². The largest absolute Gasteiger partial charge is 0.377 e. The number of thiazole rings is 1. The van der Waals surface area contributed by atoms with Gasteiger partial charge in [0.05, 0.1) is 11.6 Å². The molecular weight excluding hydrogens is 268 g/mol. The Kier molecular flexibility index (Phi) is 4.43. The van der Waals surface area contributed by atoms with Gasteiger partial charge in [-0.1, -0.05) is 13.8 Å². The number of nitrogens with one attached hydrogen (secondary N) is 1. The summed E-state index contributed by atoms with van der Waals surface area (Å²) < 4.78 is 6.14. The third-order valence-corrected chi connectivity index (χ3v) is 5.37. The van der Waals surface area contributed by atoms with Crippen LogP contribution < -0.4 is 5.32 Å². The summed E-state index contributed by atoms with van der Waals surface area (Å²) in [6.45, 7) is 7.66. The lowest BCUT2D eigenvalue weighted by Gasteiger charge is -2.34. The van der Waals surface area contributed by atoms with Crippen molar-refractivity contribution in [1.82, 2.24) is 10.3 Å². The minimum absolute atomic E-state index is 0.294. The summed E-state index contributed by atoms with van der Waals surface area (Å²) >= 11 is 1.79. The average Bonchev–Trinajstić information content (AvgIpc) is 2.96. The Hall–Kier alpha value is -0.450. The highest BCUT2D eigenvalue weighted by Gasteiger charge is 2.50. The Morgan fingerprint density at radius 3 is 3.00 bits per heavy atom. The number of hydrogen-bond donors (Lipinski definition) is 1. The lowest BCUT2D eigenvalue weighted by atomic mass is 9.75. The van der Waals surface area contributed by atoms with Crippen LogP contribution in [-0.4, -0.2) is 30.8 Å². The van der Waals surface area contributed by atoms with Crippen LogP contribution in [0.1, 0.15) is 38.0 Å². The molecule has 1 saturated carbocycles. The standard InChI is InChI=1S/C16H26N2OS/c1-12(2)8-17-10-16(7-14-9-18-11-20-14)5-6-19-15(16)13-3-4-13/h9,11-13,15,17H,3-8,10H2,1-2H3. The predicted octanol–water partition coefficient (Wildman–Crippen LogP) is 3.12. The summed E-state index contributed by atoms with van der Waals surface area (Å²) in [7, 11) is 0. The zero-order valence-electron chi connectivity index (χ0n) is 12.6. The van der Waals surface area contributed by atoms with Gasteiger partial charge in [-0.3, -0.25) is 4.98 Å². The monoisotopic (exact) mass is 294 g/mol. The van der Waals surface area contributed by atoms with Crippen molar-refractivity contribution in [2.75, 3.05) is 19.7 Å². The summed E-state index contributed by atoms with van der Waals surface area (Å²) in [4.78, 5) is 5.66. The summed E-state index contributed by atoms with van der Waals surface area (Å²) in [6, 6.07) is 0. The Morgan fingerprint density at radius 1 is 1.50 bits per heavy atom. The number of rotatable bonds is 7. The summed E-state index contributed by atoms with van der Waals surface area (Å²) in [5, 5.41) is 3.70. The molecule has 0 bridgehead atoms. The van der Waals surface area contributed by atoms with Crippen molar-refractivity contribution in [2.45, 2.75) is 45.6 Å². The van der Waals surface area contributed by atoms with Crippen molar-refractivity contribution >= 4 is 11.3 Å². The fourth-order valence-electron chi connectivity index (χ4n) is 3.47. The minimum atomic E-state index is 0.294. The van der Waals surface area contributed by atoms with E-state index in [2.05, 4.69) is 24.1 Å². The van der Waals surface area contributed by atoms with Crippen LogP contribution in [0.25, 0.3) is 0 Å². The van der Waals surface area contributed by atoms with E-state index in [1.165, 1.54) is 24.1 Å². The van der Waals surface area contributed by atoms with Crippen LogP contribution in [0.15, 0.2) is 11.7 Å². The maximum Gasteiger partial charge on any atom is 0.0794 e. The smallest absolute Gasteiger partial charge is 0.0794 e. The van der Waals surface area contributed by atoms with E-state index in [0.717, 1.165) is 32.0 Å². The van der Waals surface area contributed by atoms with E-state index >= 15 is 0 Å². The SMILES string of the molecule is CC(C)CNCC1(Cc2cncs2)CCOC1C1CC1. The van der Waals surface area contributed by atoms with Crippen molar-refractivity contribution in [2.24, 2.45) is 17.3 Å².